The summed E-state index contributed by atoms with van der Waals surface area (Å²) < 4.78 is 6.63. The molecule has 0 radical (unpaired) electrons. The molecule has 108 valence electrons. The summed E-state index contributed by atoms with van der Waals surface area (Å²) in [4.78, 5) is 11.5. The van der Waals surface area contributed by atoms with Crippen molar-refractivity contribution in [2.24, 2.45) is 0 Å². The number of nitrogens with zero attached hydrogens (tertiary/aromatic N) is 2. The van der Waals surface area contributed by atoms with Gasteiger partial charge in [-0.2, -0.15) is 5.10 Å². The summed E-state index contributed by atoms with van der Waals surface area (Å²) in [7, 11) is 0. The van der Waals surface area contributed by atoms with Crippen LogP contribution < -0.4 is 5.73 Å². The van der Waals surface area contributed by atoms with Gasteiger partial charge in [-0.1, -0.05) is 45.4 Å². The number of rotatable bonds is 10. The number of carbonyl (C=O) groups excluding carboxylic acids is 1. The molecule has 0 spiro atoms. The molecule has 0 aliphatic carbocycles. The van der Waals surface area contributed by atoms with Crippen molar-refractivity contribution in [3.63, 3.8) is 0 Å². The van der Waals surface area contributed by atoms with Gasteiger partial charge in [0, 0.05) is 6.20 Å². The average Bonchev–Trinajstić information content (AvgIpc) is 2.78. The Balaban J connectivity index is 1.96. The molecule has 1 aromatic heterocycles. The SMILES string of the molecule is CCCCCCCCCOC(=O)Cn1cc(N)cn1. The lowest BCUT2D eigenvalue weighted by molar-refractivity contribution is -0.144. The fourth-order valence-corrected chi connectivity index (χ4v) is 1.89. The zero-order valence-corrected chi connectivity index (χ0v) is 11.8. The third kappa shape index (κ3) is 7.49. The van der Waals surface area contributed by atoms with Crippen molar-refractivity contribution >= 4 is 11.7 Å². The molecule has 5 heteroatoms. The molecule has 19 heavy (non-hydrogen) atoms. The van der Waals surface area contributed by atoms with E-state index in [1.807, 2.05) is 0 Å². The second-order valence-corrected chi connectivity index (χ2v) is 4.81. The van der Waals surface area contributed by atoms with Crippen LogP contribution >= 0.6 is 0 Å². The first-order valence-electron chi connectivity index (χ1n) is 7.16. The Bertz CT molecular complexity index is 363. The zero-order valence-electron chi connectivity index (χ0n) is 11.8. The molecule has 0 aromatic carbocycles. The van der Waals surface area contributed by atoms with Crippen molar-refractivity contribution in [1.29, 1.82) is 0 Å². The normalized spacial score (nSPS) is 10.6. The van der Waals surface area contributed by atoms with Gasteiger partial charge >= 0.3 is 5.97 Å². The van der Waals surface area contributed by atoms with Crippen LogP contribution in [0.2, 0.25) is 0 Å². The number of anilines is 1. The highest BCUT2D eigenvalue weighted by Crippen LogP contribution is 2.07. The summed E-state index contributed by atoms with van der Waals surface area (Å²) in [5, 5.41) is 3.93. The van der Waals surface area contributed by atoms with E-state index in [2.05, 4.69) is 12.0 Å². The van der Waals surface area contributed by atoms with Gasteiger partial charge in [0.15, 0.2) is 0 Å². The van der Waals surface area contributed by atoms with Gasteiger partial charge in [-0.15, -0.1) is 0 Å². The van der Waals surface area contributed by atoms with Gasteiger partial charge in [-0.05, 0) is 6.42 Å². The molecule has 0 bridgehead atoms. The Morgan fingerprint density at radius 1 is 1.26 bits per heavy atom. The summed E-state index contributed by atoms with van der Waals surface area (Å²) in [5.74, 6) is -0.255. The number of aromatic nitrogens is 2. The summed E-state index contributed by atoms with van der Waals surface area (Å²) in [6.07, 6.45) is 11.6. The van der Waals surface area contributed by atoms with E-state index in [0.29, 0.717) is 12.3 Å². The molecule has 0 unspecified atom stereocenters. The minimum Gasteiger partial charge on any atom is -0.464 e. The van der Waals surface area contributed by atoms with Crippen LogP contribution in [0.25, 0.3) is 0 Å². The van der Waals surface area contributed by atoms with E-state index in [-0.39, 0.29) is 12.5 Å². The molecule has 0 aliphatic heterocycles. The minimum atomic E-state index is -0.255. The molecule has 5 nitrogen and oxygen atoms in total. The van der Waals surface area contributed by atoms with Crippen LogP contribution in [0.5, 0.6) is 0 Å². The maximum Gasteiger partial charge on any atom is 0.327 e. The Kier molecular flexibility index (Phi) is 7.70. The lowest BCUT2D eigenvalue weighted by atomic mass is 10.1. The number of nitrogens with two attached hydrogens (primary N) is 1. The highest BCUT2D eigenvalue weighted by atomic mass is 16.5. The van der Waals surface area contributed by atoms with Crippen molar-refractivity contribution in [3.05, 3.63) is 12.4 Å². The van der Waals surface area contributed by atoms with E-state index in [4.69, 9.17) is 10.5 Å². The Morgan fingerprint density at radius 3 is 2.58 bits per heavy atom. The molecule has 1 heterocycles. The Labute approximate surface area is 115 Å². The highest BCUT2D eigenvalue weighted by Gasteiger charge is 2.04. The van der Waals surface area contributed by atoms with Crippen LogP contribution in [0.1, 0.15) is 51.9 Å². The third-order valence-corrected chi connectivity index (χ3v) is 2.96. The molecular weight excluding hydrogens is 242 g/mol. The third-order valence-electron chi connectivity index (χ3n) is 2.96. The van der Waals surface area contributed by atoms with Crippen LogP contribution in [-0.2, 0) is 16.1 Å². The fraction of sp³-hybridized carbons (Fsp3) is 0.714. The van der Waals surface area contributed by atoms with Crippen LogP contribution in [0.15, 0.2) is 12.4 Å². The van der Waals surface area contributed by atoms with Crippen molar-refractivity contribution in [2.45, 2.75) is 58.4 Å². The number of hydrogen-bond donors (Lipinski definition) is 1. The maximum absolute atomic E-state index is 11.5. The maximum atomic E-state index is 11.5. The second kappa shape index (κ2) is 9.42. The Morgan fingerprint density at radius 2 is 1.95 bits per heavy atom. The van der Waals surface area contributed by atoms with Gasteiger partial charge in [-0.25, -0.2) is 0 Å². The van der Waals surface area contributed by atoms with E-state index in [1.165, 1.54) is 43.0 Å². The van der Waals surface area contributed by atoms with E-state index in [1.54, 1.807) is 6.20 Å². The predicted octanol–water partition coefficient (Wildman–Crippen LogP) is 2.76. The molecule has 0 amide bonds. The molecule has 0 atom stereocenters. The first-order chi connectivity index (χ1) is 9.22. The number of esters is 1. The summed E-state index contributed by atoms with van der Waals surface area (Å²) >= 11 is 0. The highest BCUT2D eigenvalue weighted by molar-refractivity contribution is 5.69. The molecule has 1 aromatic rings. The largest absolute Gasteiger partial charge is 0.464 e. The lowest BCUT2D eigenvalue weighted by Crippen LogP contribution is -2.14. The van der Waals surface area contributed by atoms with Crippen LogP contribution in [0.4, 0.5) is 5.69 Å². The lowest BCUT2D eigenvalue weighted by Gasteiger charge is -2.05. The monoisotopic (exact) mass is 267 g/mol. The average molecular weight is 267 g/mol. The molecular formula is C14H25N3O2. The molecule has 0 saturated carbocycles. The molecule has 1 rings (SSSR count). The van der Waals surface area contributed by atoms with Gasteiger partial charge in [0.25, 0.3) is 0 Å². The molecule has 0 saturated heterocycles. The minimum absolute atomic E-state index is 0.133. The van der Waals surface area contributed by atoms with E-state index < -0.39 is 0 Å². The summed E-state index contributed by atoms with van der Waals surface area (Å²) in [6.45, 7) is 2.85. The number of unbranched alkanes of at least 4 members (excludes halogenated alkanes) is 6. The van der Waals surface area contributed by atoms with E-state index >= 15 is 0 Å². The van der Waals surface area contributed by atoms with Gasteiger partial charge < -0.3 is 10.5 Å². The quantitative estimate of drug-likeness (QED) is 0.522. The van der Waals surface area contributed by atoms with Crippen molar-refractivity contribution < 1.29 is 9.53 Å². The van der Waals surface area contributed by atoms with E-state index in [9.17, 15) is 4.79 Å². The van der Waals surface area contributed by atoms with Crippen LogP contribution in [0.3, 0.4) is 0 Å². The van der Waals surface area contributed by atoms with Crippen molar-refractivity contribution in [3.8, 4) is 0 Å². The van der Waals surface area contributed by atoms with Gasteiger partial charge in [0.1, 0.15) is 6.54 Å². The van der Waals surface area contributed by atoms with Crippen LogP contribution in [0, 0.1) is 0 Å². The number of carbonyl (C=O) groups is 1. The van der Waals surface area contributed by atoms with Crippen molar-refractivity contribution in [2.75, 3.05) is 12.3 Å². The van der Waals surface area contributed by atoms with Gasteiger partial charge in [-0.3, -0.25) is 9.48 Å². The Hall–Kier alpha value is -1.52. The van der Waals surface area contributed by atoms with Gasteiger partial charge in [0.2, 0.25) is 0 Å². The zero-order chi connectivity index (χ0) is 13.9. The summed E-state index contributed by atoms with van der Waals surface area (Å²) in [5.41, 5.74) is 6.06. The van der Waals surface area contributed by atoms with Crippen LogP contribution in [-0.4, -0.2) is 22.4 Å². The predicted molar refractivity (Wildman–Crippen MR) is 75.6 cm³/mol. The molecule has 0 fully saturated rings. The second-order valence-electron chi connectivity index (χ2n) is 4.81. The molecule has 0 aliphatic rings. The fourth-order valence-electron chi connectivity index (χ4n) is 1.89. The van der Waals surface area contributed by atoms with E-state index in [0.717, 1.165) is 12.8 Å². The topological polar surface area (TPSA) is 70.1 Å². The molecule has 2 N–H and O–H groups in total. The summed E-state index contributed by atoms with van der Waals surface area (Å²) in [6, 6.07) is 0. The number of ether oxygens (including phenoxy) is 1. The number of hydrogen-bond acceptors (Lipinski definition) is 4. The standard InChI is InChI=1S/C14H25N3O2/c1-2-3-4-5-6-7-8-9-19-14(18)12-17-11-13(15)10-16-17/h10-11H,2-9,12,15H2,1H3. The first-order valence-corrected chi connectivity index (χ1v) is 7.16. The number of nitrogen functional groups attached to an aromatic ring is 1. The first kappa shape index (κ1) is 15.5. The smallest absolute Gasteiger partial charge is 0.327 e. The van der Waals surface area contributed by atoms with Crippen molar-refractivity contribution in [1.82, 2.24) is 9.78 Å². The van der Waals surface area contributed by atoms with Gasteiger partial charge in [0.05, 0.1) is 18.5 Å².